The molecule has 9 unspecified atom stereocenters. The van der Waals surface area contributed by atoms with Crippen molar-refractivity contribution in [1.29, 1.82) is 0 Å². The third kappa shape index (κ3) is 5.65. The van der Waals surface area contributed by atoms with Crippen molar-refractivity contribution in [2.45, 2.75) is 60.7 Å². The number of ether oxygens (including phenoxy) is 2. The summed E-state index contributed by atoms with van der Waals surface area (Å²) < 4.78 is 10.0. The summed E-state index contributed by atoms with van der Waals surface area (Å²) in [4.78, 5) is 23.0. The minimum absolute atomic E-state index is 0. The smallest absolute Gasteiger partial charge is 0.542 e. The molecule has 0 aromatic heterocycles. The maximum atomic E-state index is 11.3. The van der Waals surface area contributed by atoms with E-state index in [0.717, 1.165) is 4.90 Å². The van der Waals surface area contributed by atoms with Gasteiger partial charge >= 0.3 is 19.5 Å². The van der Waals surface area contributed by atoms with Gasteiger partial charge in [-0.2, -0.15) is 6.42 Å². The summed E-state index contributed by atoms with van der Waals surface area (Å²) >= 11 is 0. The van der Waals surface area contributed by atoms with Crippen molar-refractivity contribution in [3.63, 3.8) is 0 Å². The second-order valence-electron chi connectivity index (χ2n) is 7.20. The fourth-order valence-corrected chi connectivity index (χ4v) is 3.24. The number of nitrogens with zero attached hydrogens (tertiary/aromatic N) is 1. The van der Waals surface area contributed by atoms with E-state index < -0.39 is 87.0 Å². The number of aliphatic hydroxyl groups excluding tert-OH is 6. The van der Waals surface area contributed by atoms with Crippen LogP contribution in [-0.4, -0.2) is 139 Å². The van der Waals surface area contributed by atoms with Crippen LogP contribution >= 0.6 is 0 Å². The SMILES string of the molecule is O=[C-]CC([C-]=O)N(CC1(O)OCC(O)C(O)C1O)CC1(O)OCC(O)C(O)C1O.[Zn+2]. The maximum Gasteiger partial charge on any atom is 2.00 e. The van der Waals surface area contributed by atoms with Gasteiger partial charge in [0.2, 0.25) is 11.6 Å². The Morgan fingerprint density at radius 1 is 0.867 bits per heavy atom. The van der Waals surface area contributed by atoms with Gasteiger partial charge in [0.15, 0.2) is 0 Å². The minimum Gasteiger partial charge on any atom is -0.542 e. The number of rotatable bonds is 8. The molecule has 0 amide bonds. The van der Waals surface area contributed by atoms with E-state index >= 15 is 0 Å². The Morgan fingerprint density at radius 2 is 1.27 bits per heavy atom. The van der Waals surface area contributed by atoms with Crippen LogP contribution in [0.4, 0.5) is 0 Å². The summed E-state index contributed by atoms with van der Waals surface area (Å²) in [6.45, 7) is -2.77. The zero-order chi connectivity index (χ0) is 22.0. The Labute approximate surface area is 184 Å². The topological polar surface area (TPSA) is 218 Å². The molecule has 2 aliphatic rings. The fraction of sp³-hybridized carbons (Fsp3) is 0.875. The standard InChI is InChI=1S/C16H25NO12.Zn/c18-2-1-8(3-19)17(6-15(26)13(24)11(22)9(20)4-28-15)7-16(27)14(25)12(23)10(21)5-29-16;/h8-14,20-27H,1,4-7H2;/q-2;+2. The van der Waals surface area contributed by atoms with E-state index in [2.05, 4.69) is 0 Å². The zero-order valence-corrected chi connectivity index (χ0v) is 18.9. The molecular weight excluding hydrogens is 464 g/mol. The minimum atomic E-state index is -2.55. The molecule has 0 spiro atoms. The van der Waals surface area contributed by atoms with Crippen LogP contribution in [0.1, 0.15) is 6.42 Å². The van der Waals surface area contributed by atoms with Gasteiger partial charge in [-0.15, -0.1) is 6.04 Å². The summed E-state index contributed by atoms with van der Waals surface area (Å²) in [5.74, 6) is -5.10. The van der Waals surface area contributed by atoms with Gasteiger partial charge in [0.25, 0.3) is 0 Å². The van der Waals surface area contributed by atoms with Gasteiger partial charge in [0.05, 0.1) is 26.3 Å². The van der Waals surface area contributed by atoms with Crippen LogP contribution in [0.25, 0.3) is 0 Å². The molecule has 2 heterocycles. The Hall–Kier alpha value is -0.477. The predicted octanol–water partition coefficient (Wildman–Crippen LogP) is -6.13. The molecule has 2 aliphatic heterocycles. The first-order valence-corrected chi connectivity index (χ1v) is 8.77. The van der Waals surface area contributed by atoms with Gasteiger partial charge in [-0.25, -0.2) is 6.29 Å². The molecule has 30 heavy (non-hydrogen) atoms. The van der Waals surface area contributed by atoms with Crippen molar-refractivity contribution in [2.24, 2.45) is 0 Å². The predicted molar refractivity (Wildman–Crippen MR) is 89.2 cm³/mol. The van der Waals surface area contributed by atoms with Gasteiger partial charge < -0.3 is 64.8 Å². The Bertz CT molecular complexity index is 548. The molecule has 2 saturated heterocycles. The monoisotopic (exact) mass is 487 g/mol. The average Bonchev–Trinajstić information content (AvgIpc) is 2.69. The van der Waals surface area contributed by atoms with Crippen molar-refractivity contribution in [3.8, 4) is 0 Å². The van der Waals surface area contributed by atoms with Crippen molar-refractivity contribution in [1.82, 2.24) is 4.90 Å². The number of aliphatic hydroxyl groups is 8. The van der Waals surface area contributed by atoms with Gasteiger partial charge in [-0.05, 0) is 0 Å². The van der Waals surface area contributed by atoms with Crippen LogP contribution in [0.3, 0.4) is 0 Å². The maximum absolute atomic E-state index is 11.3. The summed E-state index contributed by atoms with van der Waals surface area (Å²) in [5, 5.41) is 80.0. The molecule has 0 aliphatic carbocycles. The third-order valence-corrected chi connectivity index (χ3v) is 5.08. The van der Waals surface area contributed by atoms with Gasteiger partial charge in [0, 0.05) is 0 Å². The second-order valence-corrected chi connectivity index (χ2v) is 7.20. The number of hydrogen-bond donors (Lipinski definition) is 8. The zero-order valence-electron chi connectivity index (χ0n) is 15.9. The molecule has 13 nitrogen and oxygen atoms in total. The van der Waals surface area contributed by atoms with E-state index in [1.165, 1.54) is 12.6 Å². The molecule has 0 aromatic rings. The first kappa shape index (κ1) is 27.6. The van der Waals surface area contributed by atoms with E-state index in [1.54, 1.807) is 0 Å². The molecule has 2 fully saturated rings. The van der Waals surface area contributed by atoms with Gasteiger partial charge in [-0.1, -0.05) is 0 Å². The van der Waals surface area contributed by atoms with Crippen LogP contribution in [0, 0.1) is 0 Å². The molecular formula is C16H25NO12Zn. The van der Waals surface area contributed by atoms with Crippen molar-refractivity contribution >= 4 is 12.6 Å². The first-order valence-electron chi connectivity index (χ1n) is 8.77. The molecule has 168 valence electrons. The van der Waals surface area contributed by atoms with Crippen LogP contribution in [-0.2, 0) is 38.5 Å². The van der Waals surface area contributed by atoms with Crippen molar-refractivity contribution < 1.29 is 79.4 Å². The van der Waals surface area contributed by atoms with Crippen LogP contribution in [0.5, 0.6) is 0 Å². The number of carbonyl (C=O) groups excluding carboxylic acids is 2. The van der Waals surface area contributed by atoms with Crippen LogP contribution in [0.15, 0.2) is 0 Å². The molecule has 0 bridgehead atoms. The Morgan fingerprint density at radius 3 is 1.60 bits per heavy atom. The Kier molecular flexibility index (Phi) is 10.0. The van der Waals surface area contributed by atoms with E-state index in [-0.39, 0.29) is 19.5 Å². The first-order chi connectivity index (χ1) is 13.5. The third-order valence-electron chi connectivity index (χ3n) is 5.08. The quantitative estimate of drug-likeness (QED) is 0.118. The van der Waals surface area contributed by atoms with Crippen LogP contribution < -0.4 is 0 Å². The molecule has 8 N–H and O–H groups in total. The normalized spacial score (nSPS) is 43.0. The van der Waals surface area contributed by atoms with E-state index in [4.69, 9.17) is 9.47 Å². The fourth-order valence-electron chi connectivity index (χ4n) is 3.24. The summed E-state index contributed by atoms with van der Waals surface area (Å²) in [7, 11) is 0. The molecule has 0 aromatic carbocycles. The van der Waals surface area contributed by atoms with Gasteiger partial charge in [-0.3, -0.25) is 6.29 Å². The molecule has 0 radical (unpaired) electrons. The average molecular weight is 489 g/mol. The Balaban J connectivity index is 0.00000450. The molecule has 0 saturated carbocycles. The van der Waals surface area contributed by atoms with E-state index in [9.17, 15) is 50.4 Å². The van der Waals surface area contributed by atoms with Crippen molar-refractivity contribution in [2.75, 3.05) is 26.3 Å². The molecule has 14 heteroatoms. The van der Waals surface area contributed by atoms with E-state index in [1.807, 2.05) is 0 Å². The largest absolute Gasteiger partial charge is 2.00 e. The summed E-state index contributed by atoms with van der Waals surface area (Å²) in [5.41, 5.74) is 0. The van der Waals surface area contributed by atoms with Crippen molar-refractivity contribution in [3.05, 3.63) is 0 Å². The van der Waals surface area contributed by atoms with Gasteiger partial charge in [0.1, 0.15) is 36.6 Å². The van der Waals surface area contributed by atoms with Crippen LogP contribution in [0.2, 0.25) is 0 Å². The molecule has 9 atom stereocenters. The van der Waals surface area contributed by atoms with E-state index in [0.29, 0.717) is 0 Å². The summed E-state index contributed by atoms with van der Waals surface area (Å²) in [6.07, 6.45) is -8.34. The summed E-state index contributed by atoms with van der Waals surface area (Å²) in [6, 6.07) is -1.46. The molecule has 2 rings (SSSR count). The number of hydrogen-bond acceptors (Lipinski definition) is 13. The second kappa shape index (κ2) is 10.9.